The van der Waals surface area contributed by atoms with Crippen LogP contribution < -0.4 is 24.3 Å². The maximum absolute atomic E-state index is 6.10. The van der Waals surface area contributed by atoms with Gasteiger partial charge in [-0.05, 0) is 60.0 Å². The van der Waals surface area contributed by atoms with E-state index in [1.807, 2.05) is 43.3 Å². The molecule has 4 rings (SSSR count). The average Bonchev–Trinajstić information content (AvgIpc) is 3.25. The first-order valence-corrected chi connectivity index (χ1v) is 11.7. The van der Waals surface area contributed by atoms with Crippen LogP contribution in [-0.4, -0.2) is 13.4 Å². The molecule has 1 N–H and O–H groups in total. The first-order chi connectivity index (χ1) is 15.5. The number of fused-ring (bicyclic) bond motifs is 1. The molecule has 1 heterocycles. The third-order valence-electron chi connectivity index (χ3n) is 4.87. The molecule has 0 fully saturated rings. The first-order valence-electron chi connectivity index (χ1n) is 10.1. The number of nitrogens with one attached hydrogen (secondary N) is 1. The van der Waals surface area contributed by atoms with E-state index in [-0.39, 0.29) is 6.79 Å². The molecule has 5 nitrogen and oxygen atoms in total. The summed E-state index contributed by atoms with van der Waals surface area (Å²) < 4.78 is 23.6. The molecule has 0 amide bonds. The Morgan fingerprint density at radius 3 is 2.47 bits per heavy atom. The topological polar surface area (TPSA) is 49.0 Å². The molecule has 3 aromatic carbocycles. The van der Waals surface area contributed by atoms with Crippen LogP contribution in [0.4, 0.5) is 0 Å². The monoisotopic (exact) mass is 537 g/mol. The van der Waals surface area contributed by atoms with Gasteiger partial charge in [0.05, 0.1) is 16.7 Å². The van der Waals surface area contributed by atoms with Crippen molar-refractivity contribution in [3.63, 3.8) is 0 Å². The van der Waals surface area contributed by atoms with Gasteiger partial charge in [0.1, 0.15) is 6.61 Å². The second-order valence-corrected chi connectivity index (χ2v) is 8.82. The van der Waals surface area contributed by atoms with E-state index in [0.29, 0.717) is 47.8 Å². The fourth-order valence-corrected chi connectivity index (χ4v) is 4.06. The quantitative estimate of drug-likeness (QED) is 0.326. The molecule has 1 aliphatic rings. The minimum atomic E-state index is 0.277. The van der Waals surface area contributed by atoms with Crippen LogP contribution in [0.3, 0.4) is 0 Å². The smallest absolute Gasteiger partial charge is 0.231 e. The lowest BCUT2D eigenvalue weighted by molar-refractivity contribution is 0.174. The van der Waals surface area contributed by atoms with Gasteiger partial charge in [0.15, 0.2) is 23.0 Å². The number of rotatable bonds is 9. The van der Waals surface area contributed by atoms with E-state index in [0.717, 1.165) is 32.7 Å². The lowest BCUT2D eigenvalue weighted by Gasteiger charge is -2.16. The highest BCUT2D eigenvalue weighted by molar-refractivity contribution is 9.10. The third kappa shape index (κ3) is 5.62. The number of hydrogen-bond acceptors (Lipinski definition) is 5. The summed E-state index contributed by atoms with van der Waals surface area (Å²) in [4.78, 5) is 0. The zero-order valence-electron chi connectivity index (χ0n) is 17.4. The van der Waals surface area contributed by atoms with Crippen molar-refractivity contribution in [3.05, 3.63) is 79.7 Å². The Bertz CT molecular complexity index is 1110. The number of halogens is 3. The largest absolute Gasteiger partial charge is 0.490 e. The Hall–Kier alpha value is -2.12. The van der Waals surface area contributed by atoms with Gasteiger partial charge in [-0.25, -0.2) is 0 Å². The lowest BCUT2D eigenvalue weighted by Crippen LogP contribution is -2.13. The molecule has 168 valence electrons. The highest BCUT2D eigenvalue weighted by atomic mass is 79.9. The van der Waals surface area contributed by atoms with Crippen molar-refractivity contribution in [2.75, 3.05) is 13.4 Å². The van der Waals surface area contributed by atoms with E-state index >= 15 is 0 Å². The minimum Gasteiger partial charge on any atom is -0.490 e. The summed E-state index contributed by atoms with van der Waals surface area (Å²) in [5, 5.41) is 4.48. The maximum Gasteiger partial charge on any atom is 0.231 e. The van der Waals surface area contributed by atoms with Crippen molar-refractivity contribution in [2.45, 2.75) is 26.6 Å². The Kier molecular flexibility index (Phi) is 7.68. The van der Waals surface area contributed by atoms with Crippen LogP contribution in [0, 0.1) is 0 Å². The van der Waals surface area contributed by atoms with Crippen molar-refractivity contribution in [3.8, 4) is 23.0 Å². The van der Waals surface area contributed by atoms with E-state index in [1.165, 1.54) is 0 Å². The van der Waals surface area contributed by atoms with Crippen molar-refractivity contribution in [1.29, 1.82) is 0 Å². The summed E-state index contributed by atoms with van der Waals surface area (Å²) in [5.74, 6) is 2.92. The summed E-state index contributed by atoms with van der Waals surface area (Å²) in [5.41, 5.74) is 3.11. The van der Waals surface area contributed by atoms with Crippen LogP contribution in [0.15, 0.2) is 53.0 Å². The zero-order chi connectivity index (χ0) is 22.5. The molecule has 0 saturated carbocycles. The fraction of sp³-hybridized carbons (Fsp3) is 0.250. The molecule has 32 heavy (non-hydrogen) atoms. The van der Waals surface area contributed by atoms with Gasteiger partial charge in [-0.3, -0.25) is 0 Å². The summed E-state index contributed by atoms with van der Waals surface area (Å²) in [6.45, 7) is 4.46. The molecule has 0 atom stereocenters. The Labute approximate surface area is 205 Å². The minimum absolute atomic E-state index is 0.277. The Morgan fingerprint density at radius 1 is 0.875 bits per heavy atom. The molecule has 3 aromatic rings. The molecule has 0 spiro atoms. The van der Waals surface area contributed by atoms with E-state index in [1.54, 1.807) is 12.1 Å². The number of benzene rings is 3. The van der Waals surface area contributed by atoms with Gasteiger partial charge < -0.3 is 24.3 Å². The van der Waals surface area contributed by atoms with Gasteiger partial charge in [-0.1, -0.05) is 51.3 Å². The second kappa shape index (κ2) is 10.7. The molecule has 0 aromatic heterocycles. The summed E-state index contributed by atoms with van der Waals surface area (Å²) in [7, 11) is 0. The zero-order valence-corrected chi connectivity index (χ0v) is 20.5. The molecule has 0 aliphatic carbocycles. The van der Waals surface area contributed by atoms with Crippen LogP contribution in [0.1, 0.15) is 23.6 Å². The first kappa shape index (κ1) is 23.1. The van der Waals surface area contributed by atoms with Crippen LogP contribution in [0.2, 0.25) is 10.0 Å². The number of ether oxygens (including phenoxy) is 4. The van der Waals surface area contributed by atoms with Crippen molar-refractivity contribution >= 4 is 39.1 Å². The molecule has 0 bridgehead atoms. The highest BCUT2D eigenvalue weighted by Gasteiger charge is 2.14. The normalized spacial score (nSPS) is 12.1. The van der Waals surface area contributed by atoms with E-state index < -0.39 is 0 Å². The lowest BCUT2D eigenvalue weighted by atomic mass is 10.1. The van der Waals surface area contributed by atoms with Crippen molar-refractivity contribution in [1.82, 2.24) is 5.32 Å². The molecule has 8 heteroatoms. The second-order valence-electron chi connectivity index (χ2n) is 7.15. The van der Waals surface area contributed by atoms with Gasteiger partial charge in [0.25, 0.3) is 0 Å². The molecule has 0 unspecified atom stereocenters. The summed E-state index contributed by atoms with van der Waals surface area (Å²) >= 11 is 15.8. The van der Waals surface area contributed by atoms with Crippen LogP contribution in [0.25, 0.3) is 0 Å². The molecular weight excluding hydrogens is 517 g/mol. The predicted molar refractivity (Wildman–Crippen MR) is 129 cm³/mol. The molecule has 0 saturated heterocycles. The van der Waals surface area contributed by atoms with E-state index in [2.05, 4.69) is 21.2 Å². The van der Waals surface area contributed by atoms with Gasteiger partial charge in [0, 0.05) is 17.6 Å². The fourth-order valence-electron chi connectivity index (χ4n) is 3.28. The van der Waals surface area contributed by atoms with Crippen molar-refractivity contribution < 1.29 is 18.9 Å². The van der Waals surface area contributed by atoms with Gasteiger partial charge >= 0.3 is 0 Å². The number of hydrogen-bond donors (Lipinski definition) is 1. The van der Waals surface area contributed by atoms with E-state index in [4.69, 9.17) is 42.1 Å². The van der Waals surface area contributed by atoms with Gasteiger partial charge in [-0.15, -0.1) is 0 Å². The maximum atomic E-state index is 6.10. The van der Waals surface area contributed by atoms with Crippen LogP contribution in [0.5, 0.6) is 23.0 Å². The molecule has 0 radical (unpaired) electrons. The average molecular weight is 539 g/mol. The van der Waals surface area contributed by atoms with E-state index in [9.17, 15) is 0 Å². The summed E-state index contributed by atoms with van der Waals surface area (Å²) in [6, 6.07) is 15.3. The standard InChI is InChI=1S/C24H22BrCl2NO4/c1-2-29-23-9-17(12-28-11-15-4-6-21-22(8-15)32-14-31-21)18(25)10-24(23)30-13-16-3-5-19(26)20(27)7-16/h3-10,28H,2,11-14H2,1H3. The van der Waals surface area contributed by atoms with Crippen LogP contribution >= 0.6 is 39.1 Å². The predicted octanol–water partition coefficient (Wildman–Crippen LogP) is 6.75. The molecular formula is C24H22BrCl2NO4. The SMILES string of the molecule is CCOc1cc(CNCc2ccc3c(c2)OCO3)c(Br)cc1OCc1ccc(Cl)c(Cl)c1. The third-order valence-corrected chi connectivity index (χ3v) is 6.35. The van der Waals surface area contributed by atoms with Crippen molar-refractivity contribution in [2.24, 2.45) is 0 Å². The Morgan fingerprint density at radius 2 is 1.66 bits per heavy atom. The van der Waals surface area contributed by atoms with Gasteiger partial charge in [-0.2, -0.15) is 0 Å². The Balaban J connectivity index is 1.41. The summed E-state index contributed by atoms with van der Waals surface area (Å²) in [6.07, 6.45) is 0. The van der Waals surface area contributed by atoms with Gasteiger partial charge in [0.2, 0.25) is 6.79 Å². The highest BCUT2D eigenvalue weighted by Crippen LogP contribution is 2.35. The molecule has 1 aliphatic heterocycles. The van der Waals surface area contributed by atoms with Crippen LogP contribution in [-0.2, 0) is 19.7 Å².